The Hall–Kier alpha value is -1.89. The van der Waals surface area contributed by atoms with Gasteiger partial charge in [0.1, 0.15) is 0 Å². The number of fused-ring (bicyclic) bond motifs is 1. The molecule has 0 bridgehead atoms. The number of carbonyl (C=O) groups excluding carboxylic acids is 1. The maximum Gasteiger partial charge on any atom is 0.240 e. The van der Waals surface area contributed by atoms with E-state index in [1.54, 1.807) is 6.92 Å². The van der Waals surface area contributed by atoms with E-state index in [2.05, 4.69) is 27.0 Å². The molecule has 6 nitrogen and oxygen atoms in total. The summed E-state index contributed by atoms with van der Waals surface area (Å²) < 4.78 is 7.63. The maximum atomic E-state index is 11.7. The van der Waals surface area contributed by atoms with Crippen LogP contribution in [0.1, 0.15) is 6.92 Å². The lowest BCUT2D eigenvalue weighted by Crippen LogP contribution is -2.38. The molecule has 1 saturated heterocycles. The van der Waals surface area contributed by atoms with Gasteiger partial charge in [0.2, 0.25) is 5.91 Å². The second-order valence-corrected chi connectivity index (χ2v) is 6.01. The summed E-state index contributed by atoms with van der Waals surface area (Å²) in [4.78, 5) is 14.1. The lowest BCUT2D eigenvalue weighted by molar-refractivity contribution is -0.117. The van der Waals surface area contributed by atoms with Gasteiger partial charge in [-0.3, -0.25) is 9.69 Å². The van der Waals surface area contributed by atoms with Crippen molar-refractivity contribution in [2.45, 2.75) is 19.5 Å². The molecular weight excluding hydrogens is 292 g/mol. The molecule has 23 heavy (non-hydrogen) atoms. The summed E-state index contributed by atoms with van der Waals surface area (Å²) >= 11 is 0. The summed E-state index contributed by atoms with van der Waals surface area (Å²) in [5, 5.41) is 3.95. The molecule has 0 radical (unpaired) electrons. The van der Waals surface area contributed by atoms with Crippen LogP contribution in [0.15, 0.2) is 30.5 Å². The van der Waals surface area contributed by atoms with Crippen LogP contribution in [0.25, 0.3) is 10.9 Å². The molecule has 0 saturated carbocycles. The van der Waals surface area contributed by atoms with Gasteiger partial charge in [-0.05, 0) is 31.2 Å². The summed E-state index contributed by atoms with van der Waals surface area (Å²) in [6, 6.07) is 7.53. The van der Waals surface area contributed by atoms with E-state index in [1.165, 1.54) is 5.52 Å². The fourth-order valence-electron chi connectivity index (χ4n) is 2.80. The normalized spacial score (nSPS) is 17.3. The van der Waals surface area contributed by atoms with Crippen molar-refractivity contribution in [3.8, 4) is 0 Å². The van der Waals surface area contributed by atoms with E-state index < -0.39 is 6.04 Å². The quantitative estimate of drug-likeness (QED) is 0.871. The molecule has 1 aliphatic heterocycles. The SMILES string of the molecule is C[C@@H](N)C(=O)Nc1ccc2c(ccn2CCN2CCOCC2)c1. The number of hydrogen-bond donors (Lipinski definition) is 2. The number of ether oxygens (including phenoxy) is 1. The lowest BCUT2D eigenvalue weighted by Gasteiger charge is -2.26. The zero-order chi connectivity index (χ0) is 16.2. The van der Waals surface area contributed by atoms with Gasteiger partial charge >= 0.3 is 0 Å². The molecule has 124 valence electrons. The monoisotopic (exact) mass is 316 g/mol. The van der Waals surface area contributed by atoms with Gasteiger partial charge in [0.15, 0.2) is 0 Å². The second-order valence-electron chi connectivity index (χ2n) is 6.01. The molecule has 0 aliphatic carbocycles. The Morgan fingerprint density at radius 3 is 2.83 bits per heavy atom. The van der Waals surface area contributed by atoms with Crippen LogP contribution >= 0.6 is 0 Å². The minimum absolute atomic E-state index is 0.170. The number of nitrogens with one attached hydrogen (secondary N) is 1. The Morgan fingerprint density at radius 2 is 2.09 bits per heavy atom. The molecule has 1 atom stereocenters. The molecular formula is C17H24N4O2. The van der Waals surface area contributed by atoms with Gasteiger partial charge in [0.05, 0.1) is 19.3 Å². The highest BCUT2D eigenvalue weighted by molar-refractivity contribution is 5.96. The first-order chi connectivity index (χ1) is 11.1. The highest BCUT2D eigenvalue weighted by Crippen LogP contribution is 2.21. The molecule has 6 heteroatoms. The summed E-state index contributed by atoms with van der Waals surface area (Å²) in [6.45, 7) is 7.32. The van der Waals surface area contributed by atoms with Gasteiger partial charge in [-0.2, -0.15) is 0 Å². The van der Waals surface area contributed by atoms with Crippen molar-refractivity contribution in [1.29, 1.82) is 0 Å². The van der Waals surface area contributed by atoms with Crippen molar-refractivity contribution in [2.24, 2.45) is 5.73 Å². The van der Waals surface area contributed by atoms with Crippen molar-refractivity contribution < 1.29 is 9.53 Å². The minimum atomic E-state index is -0.510. The van der Waals surface area contributed by atoms with Gasteiger partial charge in [0, 0.05) is 49.0 Å². The molecule has 0 unspecified atom stereocenters. The first-order valence-corrected chi connectivity index (χ1v) is 8.09. The van der Waals surface area contributed by atoms with E-state index in [0.717, 1.165) is 50.5 Å². The van der Waals surface area contributed by atoms with E-state index in [0.29, 0.717) is 0 Å². The molecule has 3 N–H and O–H groups in total. The standard InChI is InChI=1S/C17H24N4O2/c1-13(18)17(22)19-15-2-3-16-14(12-15)4-5-21(16)7-6-20-8-10-23-11-9-20/h2-5,12-13H,6-11,18H2,1H3,(H,19,22)/t13-/m1/s1. The van der Waals surface area contributed by atoms with Crippen LogP contribution in [0.2, 0.25) is 0 Å². The number of amides is 1. The van der Waals surface area contributed by atoms with Crippen molar-refractivity contribution in [1.82, 2.24) is 9.47 Å². The zero-order valence-corrected chi connectivity index (χ0v) is 13.5. The number of carbonyl (C=O) groups is 1. The van der Waals surface area contributed by atoms with Gasteiger partial charge in [-0.15, -0.1) is 0 Å². The van der Waals surface area contributed by atoms with Crippen LogP contribution in [0.5, 0.6) is 0 Å². The van der Waals surface area contributed by atoms with Gasteiger partial charge in [-0.1, -0.05) is 0 Å². The van der Waals surface area contributed by atoms with Crippen LogP contribution in [-0.4, -0.2) is 54.3 Å². The molecule has 1 aromatic heterocycles. The first-order valence-electron chi connectivity index (χ1n) is 8.09. The maximum absolute atomic E-state index is 11.7. The highest BCUT2D eigenvalue weighted by Gasteiger charge is 2.11. The number of rotatable bonds is 5. The predicted octanol–water partition coefficient (Wildman–Crippen LogP) is 1.26. The number of hydrogen-bond acceptors (Lipinski definition) is 4. The molecule has 3 rings (SSSR count). The molecule has 1 fully saturated rings. The van der Waals surface area contributed by atoms with Crippen LogP contribution in [0, 0.1) is 0 Å². The summed E-state index contributed by atoms with van der Waals surface area (Å²) in [6.07, 6.45) is 2.10. The van der Waals surface area contributed by atoms with Gasteiger partial charge in [-0.25, -0.2) is 0 Å². The van der Waals surface area contributed by atoms with Crippen molar-refractivity contribution in [3.05, 3.63) is 30.5 Å². The Balaban J connectivity index is 1.67. The first kappa shape index (κ1) is 16.0. The van der Waals surface area contributed by atoms with E-state index in [9.17, 15) is 4.79 Å². The van der Waals surface area contributed by atoms with Gasteiger partial charge < -0.3 is 20.4 Å². The lowest BCUT2D eigenvalue weighted by atomic mass is 10.2. The Kier molecular flexibility index (Phi) is 4.95. The minimum Gasteiger partial charge on any atom is -0.379 e. The molecule has 2 heterocycles. The zero-order valence-electron chi connectivity index (χ0n) is 13.5. The van der Waals surface area contributed by atoms with Crippen LogP contribution in [0.3, 0.4) is 0 Å². The van der Waals surface area contributed by atoms with Crippen LogP contribution < -0.4 is 11.1 Å². The van der Waals surface area contributed by atoms with Crippen LogP contribution in [0.4, 0.5) is 5.69 Å². The largest absolute Gasteiger partial charge is 0.379 e. The number of nitrogens with zero attached hydrogens (tertiary/aromatic N) is 2. The second kappa shape index (κ2) is 7.12. The van der Waals surface area contributed by atoms with E-state index in [1.807, 2.05) is 18.2 Å². The summed E-state index contributed by atoms with van der Waals surface area (Å²) in [5.74, 6) is -0.170. The summed E-state index contributed by atoms with van der Waals surface area (Å²) in [5.41, 5.74) is 7.54. The molecule has 1 amide bonds. The van der Waals surface area contributed by atoms with Crippen LogP contribution in [-0.2, 0) is 16.1 Å². The third-order valence-electron chi connectivity index (χ3n) is 4.21. The van der Waals surface area contributed by atoms with Gasteiger partial charge in [0.25, 0.3) is 0 Å². The molecule has 1 aromatic carbocycles. The highest BCUT2D eigenvalue weighted by atomic mass is 16.5. The molecule has 2 aromatic rings. The van der Waals surface area contributed by atoms with E-state index in [-0.39, 0.29) is 5.91 Å². The third kappa shape index (κ3) is 3.90. The van der Waals surface area contributed by atoms with Crippen molar-refractivity contribution in [3.63, 3.8) is 0 Å². The summed E-state index contributed by atoms with van der Waals surface area (Å²) in [7, 11) is 0. The van der Waals surface area contributed by atoms with E-state index in [4.69, 9.17) is 10.5 Å². The van der Waals surface area contributed by atoms with Crippen molar-refractivity contribution in [2.75, 3.05) is 38.2 Å². The topological polar surface area (TPSA) is 72.5 Å². The fraction of sp³-hybridized carbons (Fsp3) is 0.471. The molecule has 0 spiro atoms. The average molecular weight is 316 g/mol. The third-order valence-corrected chi connectivity index (χ3v) is 4.21. The van der Waals surface area contributed by atoms with Crippen molar-refractivity contribution >= 4 is 22.5 Å². The number of aromatic nitrogens is 1. The number of benzene rings is 1. The Bertz CT molecular complexity index is 674. The predicted molar refractivity (Wildman–Crippen MR) is 91.5 cm³/mol. The Labute approximate surface area is 136 Å². The number of nitrogens with two attached hydrogens (primary N) is 1. The average Bonchev–Trinajstić information content (AvgIpc) is 2.96. The molecule has 1 aliphatic rings. The smallest absolute Gasteiger partial charge is 0.240 e. The number of anilines is 1. The fourth-order valence-corrected chi connectivity index (χ4v) is 2.80. The van der Waals surface area contributed by atoms with E-state index >= 15 is 0 Å². The Morgan fingerprint density at radius 1 is 1.30 bits per heavy atom. The number of morpholine rings is 1.